The van der Waals surface area contributed by atoms with Crippen molar-refractivity contribution < 1.29 is 0 Å². The van der Waals surface area contributed by atoms with E-state index in [0.29, 0.717) is 17.3 Å². The van der Waals surface area contributed by atoms with Crippen molar-refractivity contribution in [2.75, 3.05) is 11.1 Å². The third-order valence-electron chi connectivity index (χ3n) is 2.53. The van der Waals surface area contributed by atoms with Crippen LogP contribution in [-0.2, 0) is 0 Å². The van der Waals surface area contributed by atoms with E-state index in [9.17, 15) is 0 Å². The Kier molecular flexibility index (Phi) is 3.99. The average Bonchev–Trinajstić information content (AvgIpc) is 2.26. The van der Waals surface area contributed by atoms with Crippen LogP contribution in [-0.4, -0.2) is 6.04 Å². The van der Waals surface area contributed by atoms with Crippen LogP contribution in [0.4, 0.5) is 11.4 Å². The van der Waals surface area contributed by atoms with Crippen LogP contribution in [0.3, 0.4) is 0 Å². The zero-order chi connectivity index (χ0) is 11.3. The summed E-state index contributed by atoms with van der Waals surface area (Å²) in [7, 11) is 0. The highest BCUT2D eigenvalue weighted by Crippen LogP contribution is 2.18. The van der Waals surface area contributed by atoms with Gasteiger partial charge in [0.2, 0.25) is 0 Å². The minimum Gasteiger partial charge on any atom is -0.398 e. The van der Waals surface area contributed by atoms with E-state index in [-0.39, 0.29) is 0 Å². The van der Waals surface area contributed by atoms with E-state index in [1.54, 1.807) is 6.07 Å². The highest BCUT2D eigenvalue weighted by molar-refractivity contribution is 5.62. The summed E-state index contributed by atoms with van der Waals surface area (Å²) >= 11 is 0. The first-order valence-electron chi connectivity index (χ1n) is 5.27. The minimum absolute atomic E-state index is 0.470. The van der Waals surface area contributed by atoms with Crippen molar-refractivity contribution in [2.24, 2.45) is 0 Å². The topological polar surface area (TPSA) is 61.8 Å². The van der Waals surface area contributed by atoms with Gasteiger partial charge >= 0.3 is 0 Å². The molecule has 0 unspecified atom stereocenters. The fraction of sp³-hybridized carbons (Fsp3) is 0.417. The van der Waals surface area contributed by atoms with Crippen LogP contribution in [0.15, 0.2) is 18.2 Å². The lowest BCUT2D eigenvalue weighted by molar-refractivity contribution is 0.672. The van der Waals surface area contributed by atoms with Crippen LogP contribution in [0.2, 0.25) is 0 Å². The number of rotatable bonds is 4. The van der Waals surface area contributed by atoms with Gasteiger partial charge in [-0.2, -0.15) is 5.26 Å². The predicted molar refractivity (Wildman–Crippen MR) is 63.6 cm³/mol. The molecule has 0 aliphatic heterocycles. The molecule has 0 heterocycles. The molecule has 0 fully saturated rings. The monoisotopic (exact) mass is 203 g/mol. The molecule has 1 aromatic rings. The summed E-state index contributed by atoms with van der Waals surface area (Å²) in [6, 6.07) is 7.98. The van der Waals surface area contributed by atoms with Crippen molar-refractivity contribution in [1.29, 1.82) is 5.26 Å². The molecule has 0 amide bonds. The van der Waals surface area contributed by atoms with Crippen LogP contribution in [0, 0.1) is 11.3 Å². The zero-order valence-electron chi connectivity index (χ0n) is 9.25. The summed E-state index contributed by atoms with van der Waals surface area (Å²) in [5.74, 6) is 0. The fourth-order valence-electron chi connectivity index (χ4n) is 1.48. The number of nitrogens with one attached hydrogen (secondary N) is 1. The first-order chi connectivity index (χ1) is 7.21. The van der Waals surface area contributed by atoms with E-state index in [4.69, 9.17) is 11.0 Å². The lowest BCUT2D eigenvalue weighted by atomic mass is 10.1. The van der Waals surface area contributed by atoms with Crippen molar-refractivity contribution in [3.8, 4) is 6.07 Å². The summed E-state index contributed by atoms with van der Waals surface area (Å²) in [6.45, 7) is 4.29. The molecule has 0 spiro atoms. The number of benzene rings is 1. The van der Waals surface area contributed by atoms with Gasteiger partial charge in [-0.1, -0.05) is 13.8 Å². The van der Waals surface area contributed by atoms with E-state index in [1.165, 1.54) is 0 Å². The van der Waals surface area contributed by atoms with Crippen molar-refractivity contribution >= 4 is 11.4 Å². The van der Waals surface area contributed by atoms with E-state index in [1.807, 2.05) is 12.1 Å². The van der Waals surface area contributed by atoms with Crippen LogP contribution < -0.4 is 11.1 Å². The predicted octanol–water partition coefficient (Wildman–Crippen LogP) is 2.74. The fourth-order valence-corrected chi connectivity index (χ4v) is 1.48. The molecular formula is C12H17N3. The van der Waals surface area contributed by atoms with Crippen LogP contribution >= 0.6 is 0 Å². The van der Waals surface area contributed by atoms with Crippen molar-refractivity contribution in [3.63, 3.8) is 0 Å². The summed E-state index contributed by atoms with van der Waals surface area (Å²) in [6.07, 6.45) is 2.16. The Balaban J connectivity index is 2.80. The second-order valence-electron chi connectivity index (χ2n) is 3.57. The molecule has 0 atom stereocenters. The number of nitrogen functional groups attached to an aromatic ring is 1. The quantitative estimate of drug-likeness (QED) is 0.739. The van der Waals surface area contributed by atoms with E-state index < -0.39 is 0 Å². The first-order valence-corrected chi connectivity index (χ1v) is 5.27. The lowest BCUT2D eigenvalue weighted by Crippen LogP contribution is -2.16. The second-order valence-corrected chi connectivity index (χ2v) is 3.57. The largest absolute Gasteiger partial charge is 0.398 e. The van der Waals surface area contributed by atoms with E-state index in [0.717, 1.165) is 18.5 Å². The van der Waals surface area contributed by atoms with Gasteiger partial charge in [0.25, 0.3) is 0 Å². The number of nitrogens with zero attached hydrogens (tertiary/aromatic N) is 1. The third kappa shape index (κ3) is 2.88. The maximum atomic E-state index is 8.73. The van der Waals surface area contributed by atoms with Gasteiger partial charge in [-0.25, -0.2) is 0 Å². The van der Waals surface area contributed by atoms with Gasteiger partial charge in [0.1, 0.15) is 6.07 Å². The summed E-state index contributed by atoms with van der Waals surface area (Å²) in [5, 5.41) is 12.1. The van der Waals surface area contributed by atoms with Crippen LogP contribution in [0.5, 0.6) is 0 Å². The molecule has 0 bridgehead atoms. The molecular weight excluding hydrogens is 186 g/mol. The molecule has 3 N–H and O–H groups in total. The standard InChI is InChI=1S/C12H17N3/c1-3-10(4-2)15-11-6-5-9(8-13)12(14)7-11/h5-7,10,15H,3-4,14H2,1-2H3. The molecule has 0 radical (unpaired) electrons. The van der Waals surface area contributed by atoms with Gasteiger partial charge in [0.15, 0.2) is 0 Å². The SMILES string of the molecule is CCC(CC)Nc1ccc(C#N)c(N)c1. The molecule has 3 nitrogen and oxygen atoms in total. The van der Waals surface area contributed by atoms with Gasteiger partial charge in [-0.3, -0.25) is 0 Å². The Bertz CT molecular complexity index is 362. The molecule has 0 saturated carbocycles. The smallest absolute Gasteiger partial charge is 0.101 e. The second kappa shape index (κ2) is 5.26. The number of hydrogen-bond donors (Lipinski definition) is 2. The molecule has 0 aromatic heterocycles. The van der Waals surface area contributed by atoms with Gasteiger partial charge in [-0.15, -0.1) is 0 Å². The zero-order valence-corrected chi connectivity index (χ0v) is 9.25. The van der Waals surface area contributed by atoms with Crippen LogP contribution in [0.1, 0.15) is 32.3 Å². The van der Waals surface area contributed by atoms with Crippen LogP contribution in [0.25, 0.3) is 0 Å². The number of hydrogen-bond acceptors (Lipinski definition) is 3. The molecule has 0 aliphatic rings. The normalized spacial score (nSPS) is 10.0. The maximum absolute atomic E-state index is 8.73. The Hall–Kier alpha value is -1.69. The summed E-state index contributed by atoms with van der Waals surface area (Å²) < 4.78 is 0. The highest BCUT2D eigenvalue weighted by atomic mass is 14.9. The number of nitriles is 1. The Morgan fingerprint density at radius 3 is 2.53 bits per heavy atom. The first kappa shape index (κ1) is 11.4. The van der Waals surface area contributed by atoms with Gasteiger partial charge in [0, 0.05) is 11.7 Å². The van der Waals surface area contributed by atoms with E-state index in [2.05, 4.69) is 25.2 Å². The molecule has 15 heavy (non-hydrogen) atoms. The summed E-state index contributed by atoms with van der Waals surface area (Å²) in [5.41, 5.74) is 7.78. The molecule has 3 heteroatoms. The molecule has 80 valence electrons. The highest BCUT2D eigenvalue weighted by Gasteiger charge is 2.04. The third-order valence-corrected chi connectivity index (χ3v) is 2.53. The van der Waals surface area contributed by atoms with Crippen molar-refractivity contribution in [2.45, 2.75) is 32.7 Å². The number of anilines is 2. The maximum Gasteiger partial charge on any atom is 0.101 e. The van der Waals surface area contributed by atoms with Crippen molar-refractivity contribution in [3.05, 3.63) is 23.8 Å². The lowest BCUT2D eigenvalue weighted by Gasteiger charge is -2.16. The van der Waals surface area contributed by atoms with Gasteiger partial charge in [-0.05, 0) is 31.0 Å². The van der Waals surface area contributed by atoms with Crippen molar-refractivity contribution in [1.82, 2.24) is 0 Å². The molecule has 0 aliphatic carbocycles. The molecule has 1 aromatic carbocycles. The Morgan fingerprint density at radius 2 is 2.07 bits per heavy atom. The minimum atomic E-state index is 0.470. The molecule has 1 rings (SSSR count). The van der Waals surface area contributed by atoms with Gasteiger partial charge < -0.3 is 11.1 Å². The Labute approximate surface area is 90.9 Å². The van der Waals surface area contributed by atoms with E-state index >= 15 is 0 Å². The number of nitrogens with two attached hydrogens (primary N) is 1. The summed E-state index contributed by atoms with van der Waals surface area (Å²) in [4.78, 5) is 0. The molecule has 0 saturated heterocycles. The Morgan fingerprint density at radius 1 is 1.40 bits per heavy atom. The average molecular weight is 203 g/mol. The van der Waals surface area contributed by atoms with Gasteiger partial charge in [0.05, 0.1) is 11.3 Å².